The summed E-state index contributed by atoms with van der Waals surface area (Å²) < 4.78 is 1.72. The van der Waals surface area contributed by atoms with E-state index in [0.29, 0.717) is 19.1 Å². The molecule has 0 bridgehead atoms. The summed E-state index contributed by atoms with van der Waals surface area (Å²) in [7, 11) is 3.64. The van der Waals surface area contributed by atoms with E-state index in [1.165, 1.54) is 5.69 Å². The Hall–Kier alpha value is -3.07. The predicted octanol–water partition coefficient (Wildman–Crippen LogP) is 0.855. The van der Waals surface area contributed by atoms with Crippen LogP contribution in [0.15, 0.2) is 47.7 Å². The molecule has 1 aromatic carbocycles. The number of anilines is 2. The molecule has 0 aliphatic carbocycles. The number of aryl methyl sites for hydroxylation is 1. The standard InChI is InChI=1S/C23H34N8O/c1-19(28-9-11-29(12-10-28)20-7-5-4-6-8-20)15-25-23(24-2)30-13-14-31(22(32)18-30)21-16-26-27(3)17-21/h4-8,16-17,19H,9-15,18H2,1-3H3,(H,24,25). The highest BCUT2D eigenvalue weighted by Crippen LogP contribution is 2.17. The van der Waals surface area contributed by atoms with Crippen LogP contribution in [-0.4, -0.2) is 96.9 Å². The minimum absolute atomic E-state index is 0.0669. The van der Waals surface area contributed by atoms with Gasteiger partial charge in [0.2, 0.25) is 5.91 Å². The van der Waals surface area contributed by atoms with Crippen molar-refractivity contribution in [1.29, 1.82) is 0 Å². The number of aliphatic imine (C=N–C) groups is 1. The molecule has 172 valence electrons. The number of nitrogens with zero attached hydrogens (tertiary/aromatic N) is 7. The van der Waals surface area contributed by atoms with Gasteiger partial charge in [-0.25, -0.2) is 0 Å². The van der Waals surface area contributed by atoms with Crippen molar-refractivity contribution in [1.82, 2.24) is 24.9 Å². The molecular formula is C23H34N8O. The SMILES string of the molecule is CN=C(NCC(C)N1CCN(c2ccccc2)CC1)N1CCN(c2cnn(C)c2)C(=O)C1. The maximum Gasteiger partial charge on any atom is 0.246 e. The number of hydrogen-bond donors (Lipinski definition) is 1. The summed E-state index contributed by atoms with van der Waals surface area (Å²) in [5, 5.41) is 7.67. The molecular weight excluding hydrogens is 404 g/mol. The zero-order valence-electron chi connectivity index (χ0n) is 19.3. The summed E-state index contributed by atoms with van der Waals surface area (Å²) >= 11 is 0. The van der Waals surface area contributed by atoms with Crippen molar-refractivity contribution in [3.8, 4) is 0 Å². The zero-order valence-corrected chi connectivity index (χ0v) is 19.3. The first kappa shape index (κ1) is 22.1. The van der Waals surface area contributed by atoms with Gasteiger partial charge in [-0.1, -0.05) is 18.2 Å². The second kappa shape index (κ2) is 10.0. The van der Waals surface area contributed by atoms with Gasteiger partial charge in [0, 0.05) is 77.8 Å². The fourth-order valence-electron chi connectivity index (χ4n) is 4.43. The average Bonchev–Trinajstić information content (AvgIpc) is 3.26. The van der Waals surface area contributed by atoms with Gasteiger partial charge in [-0.3, -0.25) is 19.4 Å². The van der Waals surface area contributed by atoms with E-state index in [-0.39, 0.29) is 5.91 Å². The van der Waals surface area contributed by atoms with Crippen LogP contribution in [0, 0.1) is 0 Å². The third kappa shape index (κ3) is 5.04. The van der Waals surface area contributed by atoms with Crippen molar-refractivity contribution in [3.05, 3.63) is 42.7 Å². The van der Waals surface area contributed by atoms with Crippen molar-refractivity contribution in [2.75, 3.05) is 69.2 Å². The van der Waals surface area contributed by atoms with E-state index in [1.807, 2.05) is 18.1 Å². The van der Waals surface area contributed by atoms with Crippen molar-refractivity contribution in [3.63, 3.8) is 0 Å². The second-order valence-electron chi connectivity index (χ2n) is 8.47. The van der Waals surface area contributed by atoms with Crippen LogP contribution in [-0.2, 0) is 11.8 Å². The molecule has 2 aromatic rings. The third-order valence-corrected chi connectivity index (χ3v) is 6.35. The molecule has 2 aliphatic rings. The maximum absolute atomic E-state index is 12.7. The molecule has 1 amide bonds. The Bertz CT molecular complexity index is 919. The van der Waals surface area contributed by atoms with Crippen LogP contribution in [0.5, 0.6) is 0 Å². The normalized spacial score (nSPS) is 19.4. The maximum atomic E-state index is 12.7. The topological polar surface area (TPSA) is 72.2 Å². The van der Waals surface area contributed by atoms with Crippen molar-refractivity contribution < 1.29 is 4.79 Å². The summed E-state index contributed by atoms with van der Waals surface area (Å²) in [6.45, 7) is 8.89. The lowest BCUT2D eigenvalue weighted by atomic mass is 10.2. The largest absolute Gasteiger partial charge is 0.369 e. The summed E-state index contributed by atoms with van der Waals surface area (Å²) in [6.07, 6.45) is 3.61. The Kier molecular flexibility index (Phi) is 6.94. The van der Waals surface area contributed by atoms with E-state index in [1.54, 1.807) is 22.8 Å². The average molecular weight is 439 g/mol. The van der Waals surface area contributed by atoms with Crippen LogP contribution in [0.2, 0.25) is 0 Å². The van der Waals surface area contributed by atoms with E-state index in [4.69, 9.17) is 0 Å². The van der Waals surface area contributed by atoms with Crippen LogP contribution in [0.3, 0.4) is 0 Å². The number of para-hydroxylation sites is 1. The third-order valence-electron chi connectivity index (χ3n) is 6.35. The lowest BCUT2D eigenvalue weighted by Crippen LogP contribution is -2.57. The lowest BCUT2D eigenvalue weighted by molar-refractivity contribution is -0.120. The molecule has 2 aliphatic heterocycles. The van der Waals surface area contributed by atoms with Crippen LogP contribution in [0.1, 0.15) is 6.92 Å². The van der Waals surface area contributed by atoms with E-state index < -0.39 is 0 Å². The second-order valence-corrected chi connectivity index (χ2v) is 8.47. The van der Waals surface area contributed by atoms with Crippen LogP contribution in [0.4, 0.5) is 11.4 Å². The summed E-state index contributed by atoms with van der Waals surface area (Å²) in [5.41, 5.74) is 2.15. The first-order valence-electron chi connectivity index (χ1n) is 11.3. The number of aromatic nitrogens is 2. The molecule has 1 aromatic heterocycles. The molecule has 2 saturated heterocycles. The van der Waals surface area contributed by atoms with Crippen molar-refractivity contribution in [2.24, 2.45) is 12.0 Å². The molecule has 1 unspecified atom stereocenters. The summed E-state index contributed by atoms with van der Waals surface area (Å²) in [5.74, 6) is 0.858. The molecule has 2 fully saturated rings. The van der Waals surface area contributed by atoms with Gasteiger partial charge in [-0.2, -0.15) is 5.10 Å². The molecule has 9 nitrogen and oxygen atoms in total. The molecule has 4 rings (SSSR count). The lowest BCUT2D eigenvalue weighted by Gasteiger charge is -2.40. The molecule has 9 heteroatoms. The number of hydrogen-bond acceptors (Lipinski definition) is 5. The minimum atomic E-state index is 0.0669. The van der Waals surface area contributed by atoms with Gasteiger partial charge in [0.1, 0.15) is 6.54 Å². The van der Waals surface area contributed by atoms with E-state index in [0.717, 1.165) is 50.9 Å². The Morgan fingerprint density at radius 2 is 1.84 bits per heavy atom. The number of carbonyl (C=O) groups is 1. The molecule has 32 heavy (non-hydrogen) atoms. The van der Waals surface area contributed by atoms with Crippen molar-refractivity contribution >= 4 is 23.2 Å². The van der Waals surface area contributed by atoms with Gasteiger partial charge in [0.05, 0.1) is 11.9 Å². The minimum Gasteiger partial charge on any atom is -0.369 e. The Morgan fingerprint density at radius 1 is 1.09 bits per heavy atom. The number of benzene rings is 1. The highest BCUT2D eigenvalue weighted by atomic mass is 16.2. The number of nitrogens with one attached hydrogen (secondary N) is 1. The molecule has 1 N–H and O–H groups in total. The highest BCUT2D eigenvalue weighted by molar-refractivity contribution is 5.98. The number of carbonyl (C=O) groups excluding carboxylic acids is 1. The van der Waals surface area contributed by atoms with Gasteiger partial charge in [0.25, 0.3) is 0 Å². The number of amides is 1. The number of piperazine rings is 2. The van der Waals surface area contributed by atoms with E-state index >= 15 is 0 Å². The Labute approximate surface area is 190 Å². The van der Waals surface area contributed by atoms with E-state index in [2.05, 4.69) is 62.5 Å². The summed E-state index contributed by atoms with van der Waals surface area (Å²) in [4.78, 5) is 26.0. The first-order valence-corrected chi connectivity index (χ1v) is 11.3. The quantitative estimate of drug-likeness (QED) is 0.551. The van der Waals surface area contributed by atoms with Crippen molar-refractivity contribution in [2.45, 2.75) is 13.0 Å². The molecule has 0 radical (unpaired) electrons. The zero-order chi connectivity index (χ0) is 22.5. The van der Waals surface area contributed by atoms with Gasteiger partial charge in [-0.05, 0) is 19.1 Å². The smallest absolute Gasteiger partial charge is 0.246 e. The number of guanidine groups is 1. The fourth-order valence-corrected chi connectivity index (χ4v) is 4.43. The van der Waals surface area contributed by atoms with Crippen LogP contribution < -0.4 is 15.1 Å². The first-order chi connectivity index (χ1) is 15.5. The van der Waals surface area contributed by atoms with Gasteiger partial charge in [0.15, 0.2) is 5.96 Å². The van der Waals surface area contributed by atoms with Gasteiger partial charge >= 0.3 is 0 Å². The van der Waals surface area contributed by atoms with E-state index in [9.17, 15) is 4.79 Å². The monoisotopic (exact) mass is 438 g/mol. The summed E-state index contributed by atoms with van der Waals surface area (Å²) in [6, 6.07) is 11.0. The Balaban J connectivity index is 1.24. The van der Waals surface area contributed by atoms with Crippen LogP contribution >= 0.6 is 0 Å². The van der Waals surface area contributed by atoms with Crippen LogP contribution in [0.25, 0.3) is 0 Å². The Morgan fingerprint density at radius 3 is 2.47 bits per heavy atom. The fraction of sp³-hybridized carbons (Fsp3) is 0.522. The van der Waals surface area contributed by atoms with Gasteiger partial charge < -0.3 is 20.0 Å². The molecule has 0 spiro atoms. The predicted molar refractivity (Wildman–Crippen MR) is 128 cm³/mol. The van der Waals surface area contributed by atoms with Gasteiger partial charge in [-0.15, -0.1) is 0 Å². The molecule has 0 saturated carbocycles. The number of rotatable bonds is 5. The molecule has 3 heterocycles. The highest BCUT2D eigenvalue weighted by Gasteiger charge is 2.28. The molecule has 1 atom stereocenters.